The van der Waals surface area contributed by atoms with Crippen molar-refractivity contribution < 1.29 is 19.7 Å². The summed E-state index contributed by atoms with van der Waals surface area (Å²) in [5, 5.41) is 26.8. The molecule has 0 aromatic heterocycles. The maximum Gasteiger partial charge on any atom is 0.175 e. The van der Waals surface area contributed by atoms with E-state index < -0.39 is 22.5 Å². The van der Waals surface area contributed by atoms with Crippen LogP contribution in [0.4, 0.5) is 0 Å². The summed E-state index contributed by atoms with van der Waals surface area (Å²) in [6.07, 6.45) is 4.98. The standard InChI is InChI=1S/C32H31NO4/c34-24-8-7-21-13-26-32(36)30(14-22-11-19-3-1-2-4-20(19)12-23(22)15-30)16-25(35)29-31(32,27(21)28(24)37-29)9-10-33(26)17-18-5-6-18/h1-4,7-8,11-12,18,26,29,34,36H,5-6,9-10,13-17H2/t26?,29-,31-,32-/m0/s1. The normalized spacial score (nSPS) is 34.5. The van der Waals surface area contributed by atoms with Crippen molar-refractivity contribution in [2.45, 2.75) is 68.1 Å². The van der Waals surface area contributed by atoms with Crippen LogP contribution in [-0.2, 0) is 29.5 Å². The first-order valence-electron chi connectivity index (χ1n) is 14.0. The highest BCUT2D eigenvalue weighted by Crippen LogP contribution is 2.71. The molecule has 3 fully saturated rings. The van der Waals surface area contributed by atoms with Gasteiger partial charge < -0.3 is 14.9 Å². The Balaban J connectivity index is 1.29. The van der Waals surface area contributed by atoms with Crippen LogP contribution in [0, 0.1) is 11.3 Å². The molecule has 6 aliphatic rings. The van der Waals surface area contributed by atoms with E-state index in [2.05, 4.69) is 41.3 Å². The maximum absolute atomic E-state index is 14.1. The number of piperidine rings is 1. The number of ketones is 1. The van der Waals surface area contributed by atoms with Crippen LogP contribution in [0.25, 0.3) is 10.8 Å². The van der Waals surface area contributed by atoms with Gasteiger partial charge in [-0.3, -0.25) is 9.69 Å². The van der Waals surface area contributed by atoms with Gasteiger partial charge in [-0.15, -0.1) is 0 Å². The zero-order valence-electron chi connectivity index (χ0n) is 20.9. The summed E-state index contributed by atoms with van der Waals surface area (Å²) in [6.45, 7) is 1.88. The predicted octanol–water partition coefficient (Wildman–Crippen LogP) is 4.07. The fourth-order valence-corrected chi connectivity index (χ4v) is 9.53. The molecule has 1 saturated heterocycles. The molecule has 188 valence electrons. The Bertz CT molecular complexity index is 1500. The van der Waals surface area contributed by atoms with Crippen molar-refractivity contribution in [1.29, 1.82) is 0 Å². The lowest BCUT2D eigenvalue weighted by Gasteiger charge is -2.68. The van der Waals surface area contributed by atoms with Crippen LogP contribution in [0.2, 0.25) is 0 Å². The van der Waals surface area contributed by atoms with Gasteiger partial charge in [-0.1, -0.05) is 42.5 Å². The molecule has 5 heteroatoms. The number of carbonyl (C=O) groups is 1. The molecule has 3 aromatic carbocycles. The van der Waals surface area contributed by atoms with E-state index in [1.165, 1.54) is 34.7 Å². The van der Waals surface area contributed by atoms with Crippen LogP contribution in [0.3, 0.4) is 0 Å². The number of phenolic OH excluding ortho intramolecular Hbond substituents is 1. The van der Waals surface area contributed by atoms with Crippen molar-refractivity contribution in [3.63, 3.8) is 0 Å². The van der Waals surface area contributed by atoms with Gasteiger partial charge in [-0.2, -0.15) is 0 Å². The lowest BCUT2D eigenvalue weighted by molar-refractivity contribution is -0.243. The Hall–Kier alpha value is -2.89. The van der Waals surface area contributed by atoms with Gasteiger partial charge in [0.05, 0.1) is 5.41 Å². The molecule has 0 amide bonds. The minimum absolute atomic E-state index is 0.0622. The fraction of sp³-hybridized carbons (Fsp3) is 0.469. The average molecular weight is 494 g/mol. The van der Waals surface area contributed by atoms with Crippen LogP contribution in [0.15, 0.2) is 48.5 Å². The van der Waals surface area contributed by atoms with E-state index in [4.69, 9.17) is 4.74 Å². The fourth-order valence-electron chi connectivity index (χ4n) is 9.53. The smallest absolute Gasteiger partial charge is 0.175 e. The number of hydrogen-bond donors (Lipinski definition) is 2. The second kappa shape index (κ2) is 6.57. The quantitative estimate of drug-likeness (QED) is 0.563. The Kier molecular flexibility index (Phi) is 3.74. The predicted molar refractivity (Wildman–Crippen MR) is 139 cm³/mol. The molecule has 3 aromatic rings. The molecular weight excluding hydrogens is 462 g/mol. The van der Waals surface area contributed by atoms with Crippen molar-refractivity contribution in [1.82, 2.24) is 4.90 Å². The molecule has 2 heterocycles. The zero-order valence-corrected chi connectivity index (χ0v) is 20.9. The molecule has 4 atom stereocenters. The number of phenols is 1. The lowest BCUT2D eigenvalue weighted by Crippen LogP contribution is -2.82. The summed E-state index contributed by atoms with van der Waals surface area (Å²) >= 11 is 0. The minimum atomic E-state index is -1.12. The van der Waals surface area contributed by atoms with Crippen molar-refractivity contribution in [2.75, 3.05) is 13.1 Å². The van der Waals surface area contributed by atoms with Crippen molar-refractivity contribution in [2.24, 2.45) is 11.3 Å². The van der Waals surface area contributed by atoms with Gasteiger partial charge in [0.1, 0.15) is 5.60 Å². The number of hydrogen-bond acceptors (Lipinski definition) is 5. The van der Waals surface area contributed by atoms with E-state index in [0.717, 1.165) is 36.6 Å². The molecule has 2 spiro atoms. The molecule has 4 aliphatic carbocycles. The van der Waals surface area contributed by atoms with Crippen LogP contribution >= 0.6 is 0 Å². The molecule has 2 saturated carbocycles. The Morgan fingerprint density at radius 3 is 2.41 bits per heavy atom. The van der Waals surface area contributed by atoms with Crippen molar-refractivity contribution in [3.05, 3.63) is 70.8 Å². The van der Waals surface area contributed by atoms with Gasteiger partial charge in [-0.05, 0) is 84.5 Å². The number of carbonyl (C=O) groups excluding carboxylic acids is 1. The molecular formula is C32H31NO4. The second-order valence-corrected chi connectivity index (χ2v) is 12.8. The van der Waals surface area contributed by atoms with E-state index in [-0.39, 0.29) is 17.6 Å². The van der Waals surface area contributed by atoms with E-state index in [0.29, 0.717) is 31.4 Å². The van der Waals surface area contributed by atoms with E-state index in [1.54, 1.807) is 6.07 Å². The van der Waals surface area contributed by atoms with Crippen molar-refractivity contribution in [3.8, 4) is 11.5 Å². The summed E-state index contributed by atoms with van der Waals surface area (Å²) in [6, 6.07) is 16.7. The van der Waals surface area contributed by atoms with Crippen LogP contribution in [-0.4, -0.2) is 51.7 Å². The Labute approximate surface area is 216 Å². The molecule has 1 unspecified atom stereocenters. The first kappa shape index (κ1) is 21.1. The largest absolute Gasteiger partial charge is 0.504 e. The highest BCUT2D eigenvalue weighted by Gasteiger charge is 2.80. The third kappa shape index (κ3) is 2.34. The highest BCUT2D eigenvalue weighted by molar-refractivity contribution is 5.92. The zero-order chi connectivity index (χ0) is 24.7. The summed E-state index contributed by atoms with van der Waals surface area (Å²) in [5.74, 6) is 1.34. The Morgan fingerprint density at radius 2 is 1.70 bits per heavy atom. The van der Waals surface area contributed by atoms with Crippen molar-refractivity contribution >= 4 is 16.6 Å². The highest BCUT2D eigenvalue weighted by atomic mass is 16.5. The number of nitrogens with zero attached hydrogens (tertiary/aromatic N) is 1. The number of fused-ring (bicyclic) bond motifs is 2. The third-order valence-corrected chi connectivity index (χ3v) is 11.1. The monoisotopic (exact) mass is 493 g/mol. The summed E-state index contributed by atoms with van der Waals surface area (Å²) in [5.41, 5.74) is 2.08. The summed E-state index contributed by atoms with van der Waals surface area (Å²) in [7, 11) is 0. The Morgan fingerprint density at radius 1 is 0.973 bits per heavy atom. The number of ether oxygens (including phenoxy) is 1. The van der Waals surface area contributed by atoms with E-state index in [9.17, 15) is 15.0 Å². The topological polar surface area (TPSA) is 70.0 Å². The minimum Gasteiger partial charge on any atom is -0.504 e. The molecule has 37 heavy (non-hydrogen) atoms. The van der Waals surface area contributed by atoms with Gasteiger partial charge in [0.15, 0.2) is 23.4 Å². The number of rotatable bonds is 2. The number of aliphatic hydroxyl groups is 1. The number of aromatic hydroxyl groups is 1. The van der Waals surface area contributed by atoms with E-state index >= 15 is 0 Å². The molecule has 0 radical (unpaired) electrons. The second-order valence-electron chi connectivity index (χ2n) is 12.8. The van der Waals surface area contributed by atoms with Crippen LogP contribution in [0.1, 0.15) is 47.9 Å². The number of Topliss-reactive ketones (excluding diaryl/α,β-unsaturated/α-hetero) is 1. The number of benzene rings is 3. The molecule has 2 bridgehead atoms. The van der Waals surface area contributed by atoms with Gasteiger partial charge in [0, 0.05) is 30.0 Å². The summed E-state index contributed by atoms with van der Waals surface area (Å²) < 4.78 is 6.38. The van der Waals surface area contributed by atoms with Crippen LogP contribution < -0.4 is 4.74 Å². The number of likely N-dealkylation sites (tertiary alicyclic amines) is 1. The van der Waals surface area contributed by atoms with Gasteiger partial charge in [0.2, 0.25) is 0 Å². The van der Waals surface area contributed by atoms with Gasteiger partial charge >= 0.3 is 0 Å². The molecule has 5 nitrogen and oxygen atoms in total. The maximum atomic E-state index is 14.1. The molecule has 2 aliphatic heterocycles. The molecule has 2 N–H and O–H groups in total. The van der Waals surface area contributed by atoms with Crippen LogP contribution in [0.5, 0.6) is 11.5 Å². The van der Waals surface area contributed by atoms with E-state index in [1.807, 2.05) is 6.07 Å². The third-order valence-electron chi connectivity index (χ3n) is 11.1. The SMILES string of the molecule is O=C1CC2(Cc3cc4ccccc4cc3C2)[C@@]2(O)C3Cc4ccc(O)c5c4[C@@]2(CCN3CC2CC2)[C@H]1O5. The summed E-state index contributed by atoms with van der Waals surface area (Å²) in [4.78, 5) is 16.6. The first-order valence-corrected chi connectivity index (χ1v) is 14.0. The lowest BCUT2D eigenvalue weighted by atomic mass is 9.40. The van der Waals surface area contributed by atoms with Gasteiger partial charge in [-0.25, -0.2) is 0 Å². The molecule has 9 rings (SSSR count). The first-order chi connectivity index (χ1) is 17.9. The average Bonchev–Trinajstić information content (AvgIpc) is 3.51. The van der Waals surface area contributed by atoms with Gasteiger partial charge in [0.25, 0.3) is 0 Å².